The zero-order chi connectivity index (χ0) is 15.1. The van der Waals surface area contributed by atoms with Gasteiger partial charge < -0.3 is 10.1 Å². The summed E-state index contributed by atoms with van der Waals surface area (Å²) in [4.78, 5) is 0. The summed E-state index contributed by atoms with van der Waals surface area (Å²) in [6.45, 7) is 7.69. The van der Waals surface area contributed by atoms with E-state index in [0.717, 1.165) is 30.0 Å². The summed E-state index contributed by atoms with van der Waals surface area (Å²) in [5.74, 6) is 1.30. The van der Waals surface area contributed by atoms with Gasteiger partial charge >= 0.3 is 0 Å². The average Bonchev–Trinajstić information content (AvgIpc) is 2.38. The number of ether oxygens (including phenoxy) is 1. The van der Waals surface area contributed by atoms with E-state index < -0.39 is 0 Å². The van der Waals surface area contributed by atoms with Crippen molar-refractivity contribution < 1.29 is 4.74 Å². The molecule has 1 aromatic rings. The molecule has 0 aliphatic rings. The van der Waals surface area contributed by atoms with E-state index in [-0.39, 0.29) is 0 Å². The van der Waals surface area contributed by atoms with E-state index in [1.54, 1.807) is 13.2 Å². The van der Waals surface area contributed by atoms with E-state index in [1.165, 1.54) is 6.42 Å². The smallest absolute Gasteiger partial charge is 0.138 e. The minimum atomic E-state index is 0.553. The van der Waals surface area contributed by atoms with E-state index in [9.17, 15) is 0 Å². The van der Waals surface area contributed by atoms with Crippen molar-refractivity contribution in [1.29, 1.82) is 0 Å². The Labute approximate surface area is 132 Å². The van der Waals surface area contributed by atoms with Crippen molar-refractivity contribution in [2.45, 2.75) is 46.1 Å². The van der Waals surface area contributed by atoms with E-state index in [1.807, 2.05) is 6.07 Å². The molecule has 1 atom stereocenters. The summed E-state index contributed by atoms with van der Waals surface area (Å²) in [6.07, 6.45) is 3.24. The van der Waals surface area contributed by atoms with Gasteiger partial charge in [0.05, 0.1) is 12.1 Å². The van der Waals surface area contributed by atoms with Crippen LogP contribution in [-0.2, 0) is 6.42 Å². The highest BCUT2D eigenvalue weighted by molar-refractivity contribution is 6.34. The molecule has 2 nitrogen and oxygen atoms in total. The number of halogens is 2. The second-order valence-corrected chi connectivity index (χ2v) is 6.43. The molecule has 1 N–H and O–H groups in total. The average molecular weight is 318 g/mol. The first-order valence-corrected chi connectivity index (χ1v) is 7.95. The van der Waals surface area contributed by atoms with Crippen LogP contribution in [0.5, 0.6) is 5.75 Å². The van der Waals surface area contributed by atoms with Gasteiger partial charge in [0.1, 0.15) is 5.75 Å². The molecule has 0 spiro atoms. The van der Waals surface area contributed by atoms with Gasteiger partial charge in [-0.3, -0.25) is 0 Å². The zero-order valence-electron chi connectivity index (χ0n) is 12.8. The number of hydrogen-bond acceptors (Lipinski definition) is 2. The van der Waals surface area contributed by atoms with Gasteiger partial charge in [-0.2, -0.15) is 0 Å². The standard InChI is InChI=1S/C16H25Cl2NO/c1-11(2)19-8-7-12(3)5-6-13-9-15(18)16(20-4)10-14(13)17/h9-12,19H,5-8H2,1-4H3. The lowest BCUT2D eigenvalue weighted by atomic mass is 9.98. The molecule has 1 aromatic carbocycles. The monoisotopic (exact) mass is 317 g/mol. The Balaban J connectivity index is 2.47. The molecular formula is C16H25Cl2NO. The van der Waals surface area contributed by atoms with Gasteiger partial charge in [-0.15, -0.1) is 0 Å². The molecule has 0 amide bonds. The maximum absolute atomic E-state index is 6.26. The van der Waals surface area contributed by atoms with E-state index in [0.29, 0.717) is 22.7 Å². The van der Waals surface area contributed by atoms with Gasteiger partial charge in [0.25, 0.3) is 0 Å². The van der Waals surface area contributed by atoms with Crippen molar-refractivity contribution in [3.8, 4) is 5.75 Å². The van der Waals surface area contributed by atoms with Gasteiger partial charge in [-0.25, -0.2) is 0 Å². The lowest BCUT2D eigenvalue weighted by Crippen LogP contribution is -2.25. The molecular weight excluding hydrogens is 293 g/mol. The molecule has 0 fully saturated rings. The third-order valence-corrected chi connectivity index (χ3v) is 4.06. The highest BCUT2D eigenvalue weighted by Crippen LogP contribution is 2.32. The zero-order valence-corrected chi connectivity index (χ0v) is 14.3. The molecule has 0 aromatic heterocycles. The van der Waals surface area contributed by atoms with E-state index >= 15 is 0 Å². The molecule has 20 heavy (non-hydrogen) atoms. The summed E-state index contributed by atoms with van der Waals surface area (Å²) in [6, 6.07) is 4.27. The molecule has 1 unspecified atom stereocenters. The van der Waals surface area contributed by atoms with Crippen LogP contribution in [0.3, 0.4) is 0 Å². The minimum absolute atomic E-state index is 0.553. The molecule has 4 heteroatoms. The third kappa shape index (κ3) is 5.90. The lowest BCUT2D eigenvalue weighted by molar-refractivity contribution is 0.414. The Morgan fingerprint density at radius 2 is 1.80 bits per heavy atom. The van der Waals surface area contributed by atoms with Crippen LogP contribution >= 0.6 is 23.2 Å². The number of methoxy groups -OCH3 is 1. The van der Waals surface area contributed by atoms with E-state index in [2.05, 4.69) is 26.1 Å². The van der Waals surface area contributed by atoms with Gasteiger partial charge in [0.15, 0.2) is 0 Å². The molecule has 0 radical (unpaired) electrons. The van der Waals surface area contributed by atoms with Crippen molar-refractivity contribution in [2.75, 3.05) is 13.7 Å². The summed E-state index contributed by atoms with van der Waals surface area (Å²) in [5.41, 5.74) is 1.10. The molecule has 0 aliphatic carbocycles. The molecule has 0 saturated carbocycles. The Kier molecular flexibility index (Phi) is 7.71. The summed E-state index contributed by atoms with van der Waals surface area (Å²) >= 11 is 12.4. The van der Waals surface area contributed by atoms with Crippen molar-refractivity contribution in [3.63, 3.8) is 0 Å². The second kappa shape index (κ2) is 8.76. The first-order valence-electron chi connectivity index (χ1n) is 7.19. The summed E-state index contributed by atoms with van der Waals surface area (Å²) in [7, 11) is 1.60. The SMILES string of the molecule is COc1cc(Cl)c(CCC(C)CCNC(C)C)cc1Cl. The topological polar surface area (TPSA) is 21.3 Å². The molecule has 0 aliphatic heterocycles. The molecule has 0 saturated heterocycles. The van der Waals surface area contributed by atoms with Gasteiger partial charge in [-0.1, -0.05) is 44.0 Å². The Bertz CT molecular complexity index is 421. The Morgan fingerprint density at radius 3 is 2.40 bits per heavy atom. The highest BCUT2D eigenvalue weighted by Gasteiger charge is 2.10. The second-order valence-electron chi connectivity index (χ2n) is 5.62. The molecule has 0 bridgehead atoms. The predicted molar refractivity (Wildman–Crippen MR) is 88.3 cm³/mol. The first-order chi connectivity index (χ1) is 9.43. The molecule has 114 valence electrons. The van der Waals surface area contributed by atoms with Crippen LogP contribution in [0, 0.1) is 5.92 Å². The van der Waals surface area contributed by atoms with Crippen LogP contribution in [0.2, 0.25) is 10.0 Å². The molecule has 1 rings (SSSR count). The van der Waals surface area contributed by atoms with E-state index in [4.69, 9.17) is 27.9 Å². The number of nitrogens with one attached hydrogen (secondary N) is 1. The van der Waals surface area contributed by atoms with Crippen LogP contribution < -0.4 is 10.1 Å². The first kappa shape index (κ1) is 17.6. The van der Waals surface area contributed by atoms with Gasteiger partial charge in [-0.05, 0) is 43.4 Å². The maximum atomic E-state index is 6.26. The van der Waals surface area contributed by atoms with Crippen molar-refractivity contribution in [1.82, 2.24) is 5.32 Å². The highest BCUT2D eigenvalue weighted by atomic mass is 35.5. The van der Waals surface area contributed by atoms with Crippen LogP contribution in [-0.4, -0.2) is 19.7 Å². The summed E-state index contributed by atoms with van der Waals surface area (Å²) in [5, 5.41) is 4.81. The third-order valence-electron chi connectivity index (χ3n) is 3.42. The fraction of sp³-hybridized carbons (Fsp3) is 0.625. The fourth-order valence-corrected chi connectivity index (χ4v) is 2.59. The summed E-state index contributed by atoms with van der Waals surface area (Å²) < 4.78 is 5.16. The van der Waals surface area contributed by atoms with Crippen LogP contribution in [0.1, 0.15) is 39.2 Å². The van der Waals surface area contributed by atoms with Crippen molar-refractivity contribution in [2.24, 2.45) is 5.92 Å². The Morgan fingerprint density at radius 1 is 1.10 bits per heavy atom. The lowest BCUT2D eigenvalue weighted by Gasteiger charge is -2.14. The number of rotatable bonds is 8. The van der Waals surface area contributed by atoms with Crippen LogP contribution in [0.25, 0.3) is 0 Å². The minimum Gasteiger partial charge on any atom is -0.495 e. The Hall–Kier alpha value is -0.440. The van der Waals surface area contributed by atoms with Crippen LogP contribution in [0.15, 0.2) is 12.1 Å². The molecule has 0 heterocycles. The predicted octanol–water partition coefficient (Wildman–Crippen LogP) is 4.96. The van der Waals surface area contributed by atoms with Gasteiger partial charge in [0.2, 0.25) is 0 Å². The largest absolute Gasteiger partial charge is 0.495 e. The number of aryl methyl sites for hydroxylation is 1. The van der Waals surface area contributed by atoms with Crippen molar-refractivity contribution in [3.05, 3.63) is 27.7 Å². The number of benzene rings is 1. The normalized spacial score (nSPS) is 12.8. The fourth-order valence-electron chi connectivity index (χ4n) is 2.08. The maximum Gasteiger partial charge on any atom is 0.138 e. The van der Waals surface area contributed by atoms with Crippen molar-refractivity contribution >= 4 is 23.2 Å². The van der Waals surface area contributed by atoms with Gasteiger partial charge in [0, 0.05) is 17.1 Å². The number of hydrogen-bond donors (Lipinski definition) is 1. The van der Waals surface area contributed by atoms with Crippen LogP contribution in [0.4, 0.5) is 0 Å². The quantitative estimate of drug-likeness (QED) is 0.731.